The number of halogens is 1. The molecule has 0 radical (unpaired) electrons. The Hall–Kier alpha value is -1.10. The first kappa shape index (κ1) is 12.6. The first-order valence-electron chi connectivity index (χ1n) is 7.18. The summed E-state index contributed by atoms with van der Waals surface area (Å²) in [6, 6.07) is 7.93. The van der Waals surface area contributed by atoms with Gasteiger partial charge in [0, 0.05) is 5.02 Å². The van der Waals surface area contributed by atoms with Crippen molar-refractivity contribution in [1.29, 1.82) is 0 Å². The van der Waals surface area contributed by atoms with E-state index < -0.39 is 0 Å². The van der Waals surface area contributed by atoms with E-state index in [9.17, 15) is 4.79 Å². The van der Waals surface area contributed by atoms with E-state index in [2.05, 4.69) is 5.32 Å². The highest BCUT2D eigenvalue weighted by Gasteiger charge is 2.48. The number of amides is 1. The van der Waals surface area contributed by atoms with Gasteiger partial charge in [-0.2, -0.15) is 0 Å². The number of rotatable bonds is 2. The number of carbonyl (C=O) groups is 1. The monoisotopic (exact) mass is 292 g/mol. The van der Waals surface area contributed by atoms with Crippen molar-refractivity contribution in [3.63, 3.8) is 0 Å². The summed E-state index contributed by atoms with van der Waals surface area (Å²) in [5.41, 5.74) is 1.09. The van der Waals surface area contributed by atoms with Gasteiger partial charge in [0.15, 0.2) is 0 Å². The van der Waals surface area contributed by atoms with Crippen molar-refractivity contribution >= 4 is 17.5 Å². The van der Waals surface area contributed by atoms with Crippen LogP contribution in [0.4, 0.5) is 0 Å². The van der Waals surface area contributed by atoms with Crippen LogP contribution in [0.1, 0.15) is 31.0 Å². The second kappa shape index (κ2) is 4.72. The number of fused-ring (bicyclic) bond motifs is 2. The summed E-state index contributed by atoms with van der Waals surface area (Å²) in [6.07, 6.45) is 3.72. The third-order valence-corrected chi connectivity index (χ3v) is 4.88. The molecule has 20 heavy (non-hydrogen) atoms. The van der Waals surface area contributed by atoms with E-state index in [-0.39, 0.29) is 24.2 Å². The van der Waals surface area contributed by atoms with E-state index in [0.29, 0.717) is 17.7 Å². The van der Waals surface area contributed by atoms with Crippen molar-refractivity contribution in [1.82, 2.24) is 10.2 Å². The maximum atomic E-state index is 12.3. The number of nitrogens with zero attached hydrogens (tertiary/aromatic N) is 1. The molecule has 0 saturated carbocycles. The molecule has 1 aromatic rings. The summed E-state index contributed by atoms with van der Waals surface area (Å²) in [4.78, 5) is 14.3. The first-order valence-corrected chi connectivity index (χ1v) is 7.55. The Bertz CT molecular complexity index is 533. The lowest BCUT2D eigenvalue weighted by Gasteiger charge is -2.34. The third-order valence-electron chi connectivity index (χ3n) is 4.63. The molecule has 0 aromatic heterocycles. The highest BCUT2D eigenvalue weighted by Crippen LogP contribution is 2.40. The lowest BCUT2D eigenvalue weighted by molar-refractivity contribution is -0.131. The smallest absolute Gasteiger partial charge is 0.238 e. The zero-order valence-corrected chi connectivity index (χ0v) is 11.8. The van der Waals surface area contributed by atoms with Crippen LogP contribution >= 0.6 is 11.6 Å². The maximum Gasteiger partial charge on any atom is 0.238 e. The number of benzene rings is 1. The van der Waals surface area contributed by atoms with Gasteiger partial charge in [-0.15, -0.1) is 0 Å². The summed E-state index contributed by atoms with van der Waals surface area (Å²) in [5.74, 6) is 0.172. The largest absolute Gasteiger partial charge is 0.373 e. The van der Waals surface area contributed by atoms with Gasteiger partial charge in [-0.05, 0) is 37.0 Å². The maximum absolute atomic E-state index is 12.3. The molecule has 1 amide bonds. The summed E-state index contributed by atoms with van der Waals surface area (Å²) in [5, 5.41) is 4.02. The molecule has 5 heteroatoms. The lowest BCUT2D eigenvalue weighted by atomic mass is 9.93. The number of carbonyl (C=O) groups excluding carboxylic acids is 1. The Balaban J connectivity index is 1.62. The third kappa shape index (κ3) is 1.94. The average molecular weight is 293 g/mol. The van der Waals surface area contributed by atoms with Crippen molar-refractivity contribution in [2.45, 2.75) is 43.7 Å². The van der Waals surface area contributed by atoms with Gasteiger partial charge in [0.1, 0.15) is 6.17 Å². The van der Waals surface area contributed by atoms with Gasteiger partial charge in [-0.1, -0.05) is 23.7 Å². The Morgan fingerprint density at radius 3 is 2.70 bits per heavy atom. The number of nitrogens with one attached hydrogen (secondary N) is 1. The molecule has 0 aliphatic carbocycles. The summed E-state index contributed by atoms with van der Waals surface area (Å²) < 4.78 is 5.91. The molecule has 4 nitrogen and oxygen atoms in total. The van der Waals surface area contributed by atoms with E-state index in [1.807, 2.05) is 29.2 Å². The molecule has 0 spiro atoms. The SMILES string of the molecule is O=C1CNC(c2ccc(Cl)cc2)N1C1CC2CCC1O2. The Labute approximate surface area is 123 Å². The number of hydrogen-bond acceptors (Lipinski definition) is 3. The molecule has 1 aromatic carbocycles. The van der Waals surface area contributed by atoms with Crippen LogP contribution < -0.4 is 5.32 Å². The lowest BCUT2D eigenvalue weighted by Crippen LogP contribution is -2.45. The number of hydrogen-bond donors (Lipinski definition) is 1. The van der Waals surface area contributed by atoms with E-state index in [1.54, 1.807) is 0 Å². The zero-order chi connectivity index (χ0) is 13.7. The molecule has 1 N–H and O–H groups in total. The van der Waals surface area contributed by atoms with Crippen LogP contribution in [-0.4, -0.2) is 35.6 Å². The molecule has 3 fully saturated rings. The first-order chi connectivity index (χ1) is 9.72. The molecular formula is C15H17ClN2O2. The van der Waals surface area contributed by atoms with E-state index in [4.69, 9.17) is 16.3 Å². The van der Waals surface area contributed by atoms with Crippen LogP contribution in [0.5, 0.6) is 0 Å². The molecule has 106 valence electrons. The van der Waals surface area contributed by atoms with Crippen LogP contribution in [0.15, 0.2) is 24.3 Å². The van der Waals surface area contributed by atoms with Gasteiger partial charge in [0.25, 0.3) is 0 Å². The Morgan fingerprint density at radius 2 is 2.05 bits per heavy atom. The minimum Gasteiger partial charge on any atom is -0.373 e. The minimum absolute atomic E-state index is 0.0484. The van der Waals surface area contributed by atoms with Gasteiger partial charge in [0.05, 0.1) is 24.8 Å². The van der Waals surface area contributed by atoms with Gasteiger partial charge in [-0.3, -0.25) is 10.1 Å². The Morgan fingerprint density at radius 1 is 1.25 bits per heavy atom. The fraction of sp³-hybridized carbons (Fsp3) is 0.533. The van der Waals surface area contributed by atoms with Crippen LogP contribution in [0.3, 0.4) is 0 Å². The van der Waals surface area contributed by atoms with Crippen molar-refractivity contribution in [2.75, 3.05) is 6.54 Å². The van der Waals surface area contributed by atoms with Crippen LogP contribution in [0.25, 0.3) is 0 Å². The van der Waals surface area contributed by atoms with E-state index in [1.165, 1.54) is 0 Å². The van der Waals surface area contributed by atoms with Crippen molar-refractivity contribution < 1.29 is 9.53 Å². The molecule has 2 bridgehead atoms. The minimum atomic E-state index is -0.0484. The zero-order valence-electron chi connectivity index (χ0n) is 11.1. The second-order valence-corrected chi connectivity index (χ2v) is 6.25. The second-order valence-electron chi connectivity index (χ2n) is 5.81. The summed E-state index contributed by atoms with van der Waals surface area (Å²) in [7, 11) is 0. The molecular weight excluding hydrogens is 276 g/mol. The molecule has 3 heterocycles. The van der Waals surface area contributed by atoms with Crippen molar-refractivity contribution in [3.05, 3.63) is 34.9 Å². The topological polar surface area (TPSA) is 41.6 Å². The highest BCUT2D eigenvalue weighted by molar-refractivity contribution is 6.30. The predicted molar refractivity (Wildman–Crippen MR) is 75.3 cm³/mol. The fourth-order valence-corrected chi connectivity index (χ4v) is 3.85. The fourth-order valence-electron chi connectivity index (χ4n) is 3.72. The quantitative estimate of drug-likeness (QED) is 0.907. The Kier molecular flexibility index (Phi) is 2.98. The molecule has 4 rings (SSSR count). The van der Waals surface area contributed by atoms with Crippen LogP contribution in [0, 0.1) is 0 Å². The van der Waals surface area contributed by atoms with E-state index in [0.717, 1.165) is 24.8 Å². The van der Waals surface area contributed by atoms with Gasteiger partial charge < -0.3 is 9.64 Å². The van der Waals surface area contributed by atoms with Gasteiger partial charge in [0.2, 0.25) is 5.91 Å². The summed E-state index contributed by atoms with van der Waals surface area (Å²) in [6.45, 7) is 0.404. The average Bonchev–Trinajstić information content (AvgIpc) is 3.14. The highest BCUT2D eigenvalue weighted by atomic mass is 35.5. The molecule has 4 atom stereocenters. The summed E-state index contributed by atoms with van der Waals surface area (Å²) >= 11 is 5.94. The number of ether oxygens (including phenoxy) is 1. The van der Waals surface area contributed by atoms with Crippen molar-refractivity contribution in [3.8, 4) is 0 Å². The van der Waals surface area contributed by atoms with Crippen LogP contribution in [0.2, 0.25) is 5.02 Å². The standard InChI is InChI=1S/C15H17ClN2O2/c16-10-3-1-9(2-4-10)15-17-8-14(19)18(15)12-7-11-5-6-13(12)20-11/h1-4,11-13,15,17H,5-8H2. The molecule has 3 aliphatic heterocycles. The predicted octanol–water partition coefficient (Wildman–Crippen LogP) is 2.09. The molecule has 4 unspecified atom stereocenters. The van der Waals surface area contributed by atoms with Crippen molar-refractivity contribution in [2.24, 2.45) is 0 Å². The van der Waals surface area contributed by atoms with Crippen LogP contribution in [-0.2, 0) is 9.53 Å². The van der Waals surface area contributed by atoms with Gasteiger partial charge in [-0.25, -0.2) is 0 Å². The normalized spacial score (nSPS) is 36.0. The van der Waals surface area contributed by atoms with Gasteiger partial charge >= 0.3 is 0 Å². The molecule has 3 aliphatic rings. The van der Waals surface area contributed by atoms with E-state index >= 15 is 0 Å². The molecule has 3 saturated heterocycles.